The first-order chi connectivity index (χ1) is 28.2. The molecule has 0 fully saturated rings. The number of carbonyl (C=O) groups excluding carboxylic acids is 3. The fourth-order valence-electron chi connectivity index (χ4n) is 7.76. The number of ether oxygens (including phenoxy) is 3. The van der Waals surface area contributed by atoms with Crippen molar-refractivity contribution in [2.45, 2.75) is 276 Å². The Kier molecular flexibility index (Phi) is 95.5. The summed E-state index contributed by atoms with van der Waals surface area (Å²) in [5.41, 5.74) is 2.72. The molecule has 456 valence electrons. The predicted molar refractivity (Wildman–Crippen MR) is 354 cm³/mol. The van der Waals surface area contributed by atoms with Crippen LogP contribution in [0, 0.1) is 16.2 Å². The molecule has 0 N–H and O–H groups in total. The highest BCUT2D eigenvalue weighted by Gasteiger charge is 2.37. The maximum Gasteiger partial charge on any atom is 0.311 e. The molecule has 0 spiro atoms. The molecule has 0 heterocycles. The van der Waals surface area contributed by atoms with Gasteiger partial charge in [0.1, 0.15) is 0 Å². The van der Waals surface area contributed by atoms with E-state index in [1.165, 1.54) is 57.3 Å². The third kappa shape index (κ3) is 39.8. The second-order valence-corrected chi connectivity index (χ2v) is 17.0. The first kappa shape index (κ1) is 115. The normalized spacial score (nSPS) is 12.3. The van der Waals surface area contributed by atoms with E-state index in [1.54, 1.807) is 0 Å². The molecule has 6 unspecified atom stereocenters. The van der Waals surface area contributed by atoms with Gasteiger partial charge in [-0.1, -0.05) is 283 Å². The summed E-state index contributed by atoms with van der Waals surface area (Å²) in [5, 5.41) is 0. The van der Waals surface area contributed by atoms with Crippen molar-refractivity contribution in [3.05, 3.63) is 120 Å². The van der Waals surface area contributed by atoms with Crippen LogP contribution in [0.3, 0.4) is 0 Å². The molecule has 0 saturated carbocycles. The van der Waals surface area contributed by atoms with Gasteiger partial charge in [-0.2, -0.15) is 0 Å². The number of methoxy groups -OCH3 is 3. The standard InChI is InChI=1S/C19H30O2.C19H28O2.C15H22O2.16CH4/c2*1-5-7-9-14-17(16-12-10-8-11-13-16)15-19(3,6-2)18(20)21-4;1-5-15(3,14(16)17-4)11-12(2)13-9-7-6-8-10-13;;;;;;;;;;;;;;;;/h8,10-13,17H,5-7,9,14-15H2,1-4H3;7-13,17H,5-6,14-15H2,1-4H3;6-10,12H,5,11H2,1-4H3;16*1H4/b;9-7-;;;;;;;;;;;;;;;;;. The van der Waals surface area contributed by atoms with Crippen molar-refractivity contribution in [2.75, 3.05) is 21.3 Å². The van der Waals surface area contributed by atoms with Gasteiger partial charge < -0.3 is 14.2 Å². The van der Waals surface area contributed by atoms with Crippen LogP contribution in [0.25, 0.3) is 0 Å². The summed E-state index contributed by atoms with van der Waals surface area (Å²) in [6.07, 6.45) is 16.2. The topological polar surface area (TPSA) is 78.9 Å². The van der Waals surface area contributed by atoms with Gasteiger partial charge in [-0.05, 0) is 113 Å². The highest BCUT2D eigenvalue weighted by Crippen LogP contribution is 2.40. The van der Waals surface area contributed by atoms with Gasteiger partial charge in [0.05, 0.1) is 37.6 Å². The molecular formula is C69H144O6. The predicted octanol–water partition coefficient (Wildman–Crippen LogP) is 24.4. The molecule has 75 heavy (non-hydrogen) atoms. The molecule has 3 aromatic rings. The van der Waals surface area contributed by atoms with Gasteiger partial charge in [-0.15, -0.1) is 0 Å². The summed E-state index contributed by atoms with van der Waals surface area (Å²) >= 11 is 0. The molecule has 0 aromatic heterocycles. The van der Waals surface area contributed by atoms with Gasteiger partial charge in [0, 0.05) is 0 Å². The van der Waals surface area contributed by atoms with Gasteiger partial charge in [-0.25, -0.2) is 0 Å². The van der Waals surface area contributed by atoms with Crippen molar-refractivity contribution in [2.24, 2.45) is 16.2 Å². The SMILES string of the molecule is C.C.C.C.C.C.C.C.C.C.C.C.C.C.C.C.CC/C=C\CC(CC(C)(CC)C(=O)OC)c1ccccc1.CCC(C)(CC(C)c1ccccc1)C(=O)OC.CCCCCC(CC(C)(CC)C(=O)OC)c1ccccc1. The van der Waals surface area contributed by atoms with Crippen LogP contribution in [0.5, 0.6) is 0 Å². The summed E-state index contributed by atoms with van der Waals surface area (Å²) in [4.78, 5) is 36.1. The van der Waals surface area contributed by atoms with Gasteiger partial charge in [0.25, 0.3) is 0 Å². The molecule has 0 aliphatic carbocycles. The fraction of sp³-hybridized carbons (Fsp3) is 0.667. The average Bonchev–Trinajstić information content (AvgIpc) is 3.28. The quantitative estimate of drug-likeness (QED) is 0.0432. The van der Waals surface area contributed by atoms with Crippen molar-refractivity contribution < 1.29 is 28.6 Å². The Morgan fingerprint density at radius 1 is 0.427 bits per heavy atom. The van der Waals surface area contributed by atoms with Crippen LogP contribution in [-0.2, 0) is 28.6 Å². The zero-order valence-corrected chi connectivity index (χ0v) is 39.0. The van der Waals surface area contributed by atoms with Crippen molar-refractivity contribution in [1.29, 1.82) is 0 Å². The van der Waals surface area contributed by atoms with Crippen LogP contribution in [0.2, 0.25) is 0 Å². The summed E-state index contributed by atoms with van der Waals surface area (Å²) in [7, 11) is 4.43. The van der Waals surface area contributed by atoms with Crippen LogP contribution in [0.1, 0.15) is 293 Å². The molecule has 0 aliphatic rings. The van der Waals surface area contributed by atoms with E-state index in [-0.39, 0.29) is 148 Å². The third-order valence-electron chi connectivity index (χ3n) is 12.4. The second kappa shape index (κ2) is 62.4. The van der Waals surface area contributed by atoms with Crippen molar-refractivity contribution >= 4 is 17.9 Å². The maximum atomic E-state index is 12.1. The van der Waals surface area contributed by atoms with Crippen LogP contribution in [0.15, 0.2) is 103 Å². The Morgan fingerprint density at radius 3 is 1.01 bits per heavy atom. The van der Waals surface area contributed by atoms with Crippen LogP contribution in [-0.4, -0.2) is 39.2 Å². The molecule has 3 rings (SSSR count). The fourth-order valence-corrected chi connectivity index (χ4v) is 7.76. The van der Waals surface area contributed by atoms with E-state index in [0.29, 0.717) is 17.8 Å². The smallest absolute Gasteiger partial charge is 0.311 e. The van der Waals surface area contributed by atoms with Gasteiger partial charge in [0.15, 0.2) is 0 Å². The lowest BCUT2D eigenvalue weighted by molar-refractivity contribution is -0.153. The number of benzene rings is 3. The van der Waals surface area contributed by atoms with Crippen LogP contribution < -0.4 is 0 Å². The van der Waals surface area contributed by atoms with E-state index in [4.69, 9.17) is 14.2 Å². The van der Waals surface area contributed by atoms with Gasteiger partial charge >= 0.3 is 17.9 Å². The van der Waals surface area contributed by atoms with Crippen molar-refractivity contribution in [3.8, 4) is 0 Å². The summed E-state index contributed by atoms with van der Waals surface area (Å²) in [5.74, 6) is 0.842. The Labute approximate surface area is 477 Å². The Hall–Kier alpha value is -4.19. The lowest BCUT2D eigenvalue weighted by atomic mass is 9.75. The number of hydrogen-bond acceptors (Lipinski definition) is 6. The molecule has 3 aromatic carbocycles. The number of rotatable bonds is 22. The molecule has 0 bridgehead atoms. The minimum atomic E-state index is -0.421. The molecule has 6 nitrogen and oxygen atoms in total. The number of hydrogen-bond donors (Lipinski definition) is 0. The Bertz CT molecular complexity index is 1610. The monoisotopic (exact) mass is 1070 g/mol. The van der Waals surface area contributed by atoms with E-state index in [9.17, 15) is 14.4 Å². The van der Waals surface area contributed by atoms with E-state index >= 15 is 0 Å². The minimum Gasteiger partial charge on any atom is -0.469 e. The summed E-state index contributed by atoms with van der Waals surface area (Å²) in [6.45, 7) is 18.7. The zero-order chi connectivity index (χ0) is 44.3. The van der Waals surface area contributed by atoms with Gasteiger partial charge in [-0.3, -0.25) is 14.4 Å². The summed E-state index contributed by atoms with van der Waals surface area (Å²) in [6, 6.07) is 31.3. The molecule has 0 amide bonds. The molecule has 0 radical (unpaired) electrons. The minimum absolute atomic E-state index is 0. The lowest BCUT2D eigenvalue weighted by Crippen LogP contribution is -2.30. The Balaban J connectivity index is -0.0000000451. The molecule has 0 aliphatic heterocycles. The van der Waals surface area contributed by atoms with E-state index in [2.05, 4.69) is 107 Å². The molecule has 0 saturated heterocycles. The number of allylic oxidation sites excluding steroid dienone is 2. The average molecular weight is 1070 g/mol. The van der Waals surface area contributed by atoms with Crippen molar-refractivity contribution in [3.63, 3.8) is 0 Å². The summed E-state index contributed by atoms with van der Waals surface area (Å²) < 4.78 is 14.9. The van der Waals surface area contributed by atoms with Gasteiger partial charge in [0.2, 0.25) is 0 Å². The molecule has 6 atom stereocenters. The molecule has 6 heteroatoms. The first-order valence-corrected chi connectivity index (χ1v) is 22.2. The largest absolute Gasteiger partial charge is 0.469 e. The molecular weight excluding hydrogens is 925 g/mol. The maximum absolute atomic E-state index is 12.1. The van der Waals surface area contributed by atoms with E-state index in [1.807, 2.05) is 58.0 Å². The number of esters is 3. The lowest BCUT2D eigenvalue weighted by Gasteiger charge is -2.30. The highest BCUT2D eigenvalue weighted by atomic mass is 16.5. The zero-order valence-electron chi connectivity index (χ0n) is 39.0. The first-order valence-electron chi connectivity index (χ1n) is 22.2. The van der Waals surface area contributed by atoms with Crippen molar-refractivity contribution in [1.82, 2.24) is 0 Å². The van der Waals surface area contributed by atoms with E-state index in [0.717, 1.165) is 57.8 Å². The van der Waals surface area contributed by atoms with E-state index < -0.39 is 5.41 Å². The second-order valence-electron chi connectivity index (χ2n) is 17.0. The number of carbonyl (C=O) groups is 3. The van der Waals surface area contributed by atoms with Crippen LogP contribution >= 0.6 is 0 Å². The Morgan fingerprint density at radius 2 is 0.720 bits per heavy atom. The third-order valence-corrected chi connectivity index (χ3v) is 12.4. The van der Waals surface area contributed by atoms with Crippen LogP contribution in [0.4, 0.5) is 0 Å². The number of unbranched alkanes of at least 4 members (excludes halogenated alkanes) is 2. The highest BCUT2D eigenvalue weighted by molar-refractivity contribution is 5.77.